The number of hydrogen-bond acceptors (Lipinski definition) is 6. The summed E-state index contributed by atoms with van der Waals surface area (Å²) >= 11 is 0. The van der Waals surface area contributed by atoms with Crippen molar-refractivity contribution >= 4 is 11.6 Å². The van der Waals surface area contributed by atoms with Gasteiger partial charge in [0.05, 0.1) is 5.70 Å². The Hall–Kier alpha value is -4.00. The Balaban J connectivity index is 1.64. The van der Waals surface area contributed by atoms with E-state index in [1.807, 2.05) is 36.5 Å². The van der Waals surface area contributed by atoms with E-state index in [1.54, 1.807) is 10.9 Å². The van der Waals surface area contributed by atoms with Crippen LogP contribution < -0.4 is 10.1 Å². The van der Waals surface area contributed by atoms with Gasteiger partial charge >= 0.3 is 0 Å². The molecule has 4 heterocycles. The fraction of sp³-hybridized carbons (Fsp3) is 0.130. The van der Waals surface area contributed by atoms with Crippen molar-refractivity contribution < 1.29 is 4.74 Å². The van der Waals surface area contributed by atoms with Gasteiger partial charge in [-0.3, -0.25) is 4.98 Å². The number of rotatable bonds is 2. The molecule has 6 rings (SSSR count). The summed E-state index contributed by atoms with van der Waals surface area (Å²) in [5.41, 5.74) is 6.32. The van der Waals surface area contributed by atoms with Crippen molar-refractivity contribution in [3.05, 3.63) is 101 Å². The molecule has 0 radical (unpaired) electrons. The highest BCUT2D eigenvalue weighted by Crippen LogP contribution is 2.50. The molecule has 2 aromatic carbocycles. The lowest BCUT2D eigenvalue weighted by atomic mass is 9.85. The van der Waals surface area contributed by atoms with E-state index in [9.17, 15) is 0 Å². The lowest BCUT2D eigenvalue weighted by molar-refractivity contribution is 0.222. The van der Waals surface area contributed by atoms with Crippen molar-refractivity contribution in [2.45, 2.75) is 19.1 Å². The van der Waals surface area contributed by atoms with E-state index in [-0.39, 0.29) is 12.1 Å². The number of benzene rings is 2. The summed E-state index contributed by atoms with van der Waals surface area (Å²) in [5.74, 6) is 1.43. The van der Waals surface area contributed by atoms with Crippen molar-refractivity contribution in [1.29, 1.82) is 0 Å². The number of ether oxygens (including phenoxy) is 1. The minimum atomic E-state index is -0.287. The molecule has 0 saturated carbocycles. The molecule has 0 spiro atoms. The quantitative estimate of drug-likeness (QED) is 0.555. The summed E-state index contributed by atoms with van der Waals surface area (Å²) in [5, 5.41) is 15.9. The zero-order chi connectivity index (χ0) is 20.1. The van der Waals surface area contributed by atoms with Crippen LogP contribution in [-0.2, 0) is 0 Å². The van der Waals surface area contributed by atoms with Gasteiger partial charge in [0.25, 0.3) is 0 Å². The smallest absolute Gasteiger partial charge is 0.248 e. The third kappa shape index (κ3) is 2.52. The van der Waals surface area contributed by atoms with Gasteiger partial charge in [-0.15, -0.1) is 0 Å². The van der Waals surface area contributed by atoms with Crippen LogP contribution in [-0.4, -0.2) is 25.2 Å². The van der Waals surface area contributed by atoms with Crippen LogP contribution in [0.25, 0.3) is 5.70 Å². The van der Waals surface area contributed by atoms with E-state index in [1.165, 1.54) is 5.56 Å². The molecule has 2 atom stereocenters. The summed E-state index contributed by atoms with van der Waals surface area (Å²) in [7, 11) is 0. The first-order valence-corrected chi connectivity index (χ1v) is 9.81. The maximum atomic E-state index is 6.59. The van der Waals surface area contributed by atoms with E-state index in [0.717, 1.165) is 33.7 Å². The van der Waals surface area contributed by atoms with E-state index in [0.29, 0.717) is 5.95 Å². The average Bonchev–Trinajstić information content (AvgIpc) is 3.26. The van der Waals surface area contributed by atoms with Crippen LogP contribution in [0.2, 0.25) is 0 Å². The number of hydrogen-bond donors (Lipinski definition) is 1. The van der Waals surface area contributed by atoms with Crippen LogP contribution in [0.5, 0.6) is 5.75 Å². The first-order chi connectivity index (χ1) is 14.8. The molecular weight excluding hydrogens is 376 g/mol. The Kier molecular flexibility index (Phi) is 3.67. The normalized spacial score (nSPS) is 19.2. The third-order valence-electron chi connectivity index (χ3n) is 5.59. The summed E-state index contributed by atoms with van der Waals surface area (Å²) in [6, 6.07) is 20.2. The van der Waals surface area contributed by atoms with Gasteiger partial charge in [0.1, 0.15) is 17.9 Å². The predicted octanol–water partition coefficient (Wildman–Crippen LogP) is 3.94. The summed E-state index contributed by atoms with van der Waals surface area (Å²) in [4.78, 5) is 4.35. The molecule has 0 amide bonds. The first kappa shape index (κ1) is 16.9. The van der Waals surface area contributed by atoms with Crippen LogP contribution in [0.3, 0.4) is 0 Å². The van der Waals surface area contributed by atoms with E-state index in [2.05, 4.69) is 63.1 Å². The molecule has 0 aliphatic carbocycles. The van der Waals surface area contributed by atoms with Gasteiger partial charge in [-0.1, -0.05) is 53.1 Å². The maximum absolute atomic E-state index is 6.59. The lowest BCUT2D eigenvalue weighted by Crippen LogP contribution is -2.32. The van der Waals surface area contributed by atoms with Gasteiger partial charge < -0.3 is 10.1 Å². The minimum Gasteiger partial charge on any atom is -0.480 e. The van der Waals surface area contributed by atoms with E-state index >= 15 is 0 Å². The second kappa shape index (κ2) is 6.52. The molecular formula is C23H18N6O. The number of nitrogens with zero attached hydrogens (tertiary/aromatic N) is 5. The standard InChI is InChI=1S/C23H18N6O/c1-14-6-4-7-15(12-14)22-19-20(17-9-2-3-10-18(17)30-22)25-23-26-27-28-29(23)21(19)16-8-5-11-24-13-16/h2-13,21-22H,1H3,(H,25,26,28)/t21-,22+/m0/s1. The third-order valence-corrected chi connectivity index (χ3v) is 5.59. The summed E-state index contributed by atoms with van der Waals surface area (Å²) in [6.07, 6.45) is 3.34. The number of nitrogens with one attached hydrogen (secondary N) is 1. The van der Waals surface area contributed by atoms with Crippen molar-refractivity contribution in [2.24, 2.45) is 0 Å². The Bertz CT molecular complexity index is 1280. The fourth-order valence-electron chi connectivity index (χ4n) is 4.31. The van der Waals surface area contributed by atoms with Crippen molar-refractivity contribution in [3.8, 4) is 5.75 Å². The molecule has 0 unspecified atom stereocenters. The maximum Gasteiger partial charge on any atom is 0.248 e. The molecule has 2 aliphatic heterocycles. The average molecular weight is 394 g/mol. The van der Waals surface area contributed by atoms with Crippen molar-refractivity contribution in [2.75, 3.05) is 5.32 Å². The van der Waals surface area contributed by atoms with Crippen LogP contribution >= 0.6 is 0 Å². The van der Waals surface area contributed by atoms with E-state index in [4.69, 9.17) is 4.74 Å². The first-order valence-electron chi connectivity index (χ1n) is 9.81. The molecule has 0 saturated heterocycles. The van der Waals surface area contributed by atoms with Crippen LogP contribution in [0.15, 0.2) is 78.6 Å². The number of aryl methyl sites for hydroxylation is 1. The van der Waals surface area contributed by atoms with E-state index < -0.39 is 0 Å². The van der Waals surface area contributed by atoms with Gasteiger partial charge in [-0.2, -0.15) is 4.68 Å². The Labute approximate surface area is 173 Å². The minimum absolute atomic E-state index is 0.237. The van der Waals surface area contributed by atoms with Crippen LogP contribution in [0, 0.1) is 6.92 Å². The molecule has 30 heavy (non-hydrogen) atoms. The van der Waals surface area contributed by atoms with Gasteiger partial charge in [-0.05, 0) is 46.7 Å². The highest BCUT2D eigenvalue weighted by Gasteiger charge is 2.41. The largest absolute Gasteiger partial charge is 0.480 e. The monoisotopic (exact) mass is 394 g/mol. The lowest BCUT2D eigenvalue weighted by Gasteiger charge is -2.38. The molecule has 146 valence electrons. The molecule has 0 bridgehead atoms. The van der Waals surface area contributed by atoms with Crippen molar-refractivity contribution in [3.63, 3.8) is 0 Å². The number of pyridine rings is 1. The van der Waals surface area contributed by atoms with Crippen LogP contribution in [0.1, 0.15) is 34.4 Å². The number of para-hydroxylation sites is 1. The highest BCUT2D eigenvalue weighted by atomic mass is 16.5. The van der Waals surface area contributed by atoms with Gasteiger partial charge in [-0.25, -0.2) is 0 Å². The second-order valence-corrected chi connectivity index (χ2v) is 7.50. The molecule has 1 N–H and O–H groups in total. The van der Waals surface area contributed by atoms with Gasteiger partial charge in [0, 0.05) is 23.5 Å². The highest BCUT2D eigenvalue weighted by molar-refractivity contribution is 5.85. The number of fused-ring (bicyclic) bond motifs is 3. The van der Waals surface area contributed by atoms with Gasteiger partial charge in [0.15, 0.2) is 0 Å². The Morgan fingerprint density at radius 2 is 1.90 bits per heavy atom. The Morgan fingerprint density at radius 3 is 2.77 bits per heavy atom. The predicted molar refractivity (Wildman–Crippen MR) is 112 cm³/mol. The van der Waals surface area contributed by atoms with Crippen LogP contribution in [0.4, 0.5) is 5.95 Å². The number of aromatic nitrogens is 5. The van der Waals surface area contributed by atoms with Gasteiger partial charge in [0.2, 0.25) is 5.95 Å². The molecule has 4 aromatic rings. The molecule has 0 fully saturated rings. The molecule has 2 aromatic heterocycles. The molecule has 7 heteroatoms. The van der Waals surface area contributed by atoms with Crippen molar-refractivity contribution in [1.82, 2.24) is 25.2 Å². The summed E-state index contributed by atoms with van der Waals surface area (Å²) in [6.45, 7) is 2.09. The SMILES string of the molecule is Cc1cccc([C@H]2Oc3ccccc3C3=C2[C@H](c2cccnc2)n2nnnc2N3)c1. The Morgan fingerprint density at radius 1 is 1.00 bits per heavy atom. The molecule has 7 nitrogen and oxygen atoms in total. The zero-order valence-corrected chi connectivity index (χ0v) is 16.2. The number of tetrazole rings is 1. The fourth-order valence-corrected chi connectivity index (χ4v) is 4.31. The molecule has 2 aliphatic rings. The topological polar surface area (TPSA) is 77.8 Å². The zero-order valence-electron chi connectivity index (χ0n) is 16.2. The number of anilines is 1. The summed E-state index contributed by atoms with van der Waals surface area (Å²) < 4.78 is 8.39. The second-order valence-electron chi connectivity index (χ2n) is 7.50.